The Hall–Kier alpha value is -2.82. The van der Waals surface area contributed by atoms with Gasteiger partial charge in [-0.1, -0.05) is 24.3 Å². The van der Waals surface area contributed by atoms with Crippen LogP contribution in [0.3, 0.4) is 0 Å². The van der Waals surface area contributed by atoms with E-state index in [-0.39, 0.29) is 11.7 Å². The summed E-state index contributed by atoms with van der Waals surface area (Å²) in [5.74, 6) is 0.130. The van der Waals surface area contributed by atoms with E-state index >= 15 is 0 Å². The lowest BCUT2D eigenvalue weighted by atomic mass is 10.0. The second-order valence-electron chi connectivity index (χ2n) is 4.05. The maximum atomic E-state index is 11.4. The zero-order valence-corrected chi connectivity index (χ0v) is 10.8. The van der Waals surface area contributed by atoms with E-state index in [9.17, 15) is 9.59 Å². The van der Waals surface area contributed by atoms with E-state index in [1.807, 2.05) is 12.1 Å². The van der Waals surface area contributed by atoms with Crippen LogP contribution in [0.5, 0.6) is 5.75 Å². The topological polar surface area (TPSA) is 75.6 Å². The van der Waals surface area contributed by atoms with Crippen molar-refractivity contribution in [1.82, 2.24) is 5.32 Å². The molecule has 1 amide bonds. The van der Waals surface area contributed by atoms with Gasteiger partial charge in [0.15, 0.2) is 0 Å². The Morgan fingerprint density at radius 1 is 0.950 bits per heavy atom. The van der Waals surface area contributed by atoms with Crippen molar-refractivity contribution in [2.75, 3.05) is 7.05 Å². The number of carbonyl (C=O) groups is 2. The Bertz CT molecular complexity index is 617. The number of amides is 1. The maximum Gasteiger partial charge on any atom is 0.511 e. The summed E-state index contributed by atoms with van der Waals surface area (Å²) in [6, 6.07) is 13.8. The quantitative estimate of drug-likeness (QED) is 0.665. The van der Waals surface area contributed by atoms with E-state index in [0.29, 0.717) is 5.56 Å². The third-order valence-electron chi connectivity index (χ3n) is 2.77. The van der Waals surface area contributed by atoms with Crippen LogP contribution < -0.4 is 10.1 Å². The van der Waals surface area contributed by atoms with Crippen LogP contribution >= 0.6 is 0 Å². The molecule has 0 aliphatic heterocycles. The van der Waals surface area contributed by atoms with E-state index < -0.39 is 6.16 Å². The highest BCUT2D eigenvalue weighted by Crippen LogP contribution is 2.22. The zero-order chi connectivity index (χ0) is 14.5. The molecule has 0 heterocycles. The maximum absolute atomic E-state index is 11.4. The summed E-state index contributed by atoms with van der Waals surface area (Å²) >= 11 is 0. The van der Waals surface area contributed by atoms with Crippen LogP contribution in [0.15, 0.2) is 48.5 Å². The molecule has 0 atom stereocenters. The highest BCUT2D eigenvalue weighted by atomic mass is 16.7. The number of hydrogen-bond acceptors (Lipinski definition) is 3. The molecule has 2 aromatic rings. The van der Waals surface area contributed by atoms with Gasteiger partial charge in [-0.15, -0.1) is 0 Å². The summed E-state index contributed by atoms with van der Waals surface area (Å²) in [6.07, 6.45) is -1.34. The van der Waals surface area contributed by atoms with Gasteiger partial charge in [-0.05, 0) is 35.4 Å². The molecule has 102 valence electrons. The Morgan fingerprint density at radius 3 is 1.90 bits per heavy atom. The molecule has 0 saturated heterocycles. The van der Waals surface area contributed by atoms with Gasteiger partial charge in [-0.2, -0.15) is 0 Å². The van der Waals surface area contributed by atoms with Gasteiger partial charge in [-0.25, -0.2) is 4.79 Å². The minimum Gasteiger partial charge on any atom is -0.449 e. The molecule has 0 spiro atoms. The van der Waals surface area contributed by atoms with Crippen LogP contribution in [0.4, 0.5) is 4.79 Å². The monoisotopic (exact) mass is 271 g/mol. The molecule has 0 fully saturated rings. The van der Waals surface area contributed by atoms with E-state index in [4.69, 9.17) is 5.11 Å². The molecule has 0 unspecified atom stereocenters. The molecule has 0 aromatic heterocycles. The summed E-state index contributed by atoms with van der Waals surface area (Å²) < 4.78 is 4.53. The van der Waals surface area contributed by atoms with Crippen LogP contribution in [0.1, 0.15) is 10.4 Å². The fraction of sp³-hybridized carbons (Fsp3) is 0.0667. The van der Waals surface area contributed by atoms with Crippen molar-refractivity contribution in [3.8, 4) is 16.9 Å². The molecule has 0 bridgehead atoms. The number of rotatable bonds is 3. The van der Waals surface area contributed by atoms with Crippen LogP contribution in [0.2, 0.25) is 0 Å². The second kappa shape index (κ2) is 5.88. The summed E-state index contributed by atoms with van der Waals surface area (Å²) in [6.45, 7) is 0. The lowest BCUT2D eigenvalue weighted by molar-refractivity contribution is 0.0963. The van der Waals surface area contributed by atoms with Gasteiger partial charge in [-0.3, -0.25) is 4.79 Å². The average molecular weight is 271 g/mol. The van der Waals surface area contributed by atoms with Crippen molar-refractivity contribution in [2.45, 2.75) is 0 Å². The SMILES string of the molecule is CNC(=O)c1ccc(-c2ccc(OC(=O)O)cc2)cc1. The predicted molar refractivity (Wildman–Crippen MR) is 73.9 cm³/mol. The summed E-state index contributed by atoms with van der Waals surface area (Å²) in [4.78, 5) is 21.8. The van der Waals surface area contributed by atoms with E-state index in [0.717, 1.165) is 11.1 Å². The molecule has 2 N–H and O–H groups in total. The lowest BCUT2D eigenvalue weighted by Crippen LogP contribution is -2.17. The molecule has 20 heavy (non-hydrogen) atoms. The molecule has 5 nitrogen and oxygen atoms in total. The molecule has 0 aliphatic rings. The number of carbonyl (C=O) groups excluding carboxylic acids is 1. The lowest BCUT2D eigenvalue weighted by Gasteiger charge is -2.05. The molecule has 2 rings (SSSR count). The number of benzene rings is 2. The number of hydrogen-bond donors (Lipinski definition) is 2. The van der Waals surface area contributed by atoms with E-state index in [1.165, 1.54) is 0 Å². The summed E-state index contributed by atoms with van der Waals surface area (Å²) in [5.41, 5.74) is 2.42. The normalized spacial score (nSPS) is 9.85. The van der Waals surface area contributed by atoms with Crippen molar-refractivity contribution in [3.63, 3.8) is 0 Å². The molecular weight excluding hydrogens is 258 g/mol. The Morgan fingerprint density at radius 2 is 1.45 bits per heavy atom. The van der Waals surface area contributed by atoms with E-state index in [2.05, 4.69) is 10.1 Å². The highest BCUT2D eigenvalue weighted by Gasteiger charge is 2.05. The first-order valence-corrected chi connectivity index (χ1v) is 5.93. The number of ether oxygens (including phenoxy) is 1. The molecule has 0 aliphatic carbocycles. The number of nitrogens with one attached hydrogen (secondary N) is 1. The fourth-order valence-electron chi connectivity index (χ4n) is 1.77. The van der Waals surface area contributed by atoms with Gasteiger partial charge in [0.25, 0.3) is 5.91 Å². The Kier molecular flexibility index (Phi) is 4.00. The van der Waals surface area contributed by atoms with Crippen molar-refractivity contribution in [2.24, 2.45) is 0 Å². The van der Waals surface area contributed by atoms with Crippen LogP contribution in [-0.4, -0.2) is 24.2 Å². The minimum absolute atomic E-state index is 0.137. The van der Waals surface area contributed by atoms with Gasteiger partial charge < -0.3 is 15.2 Å². The van der Waals surface area contributed by atoms with Gasteiger partial charge in [0, 0.05) is 12.6 Å². The second-order valence-corrected chi connectivity index (χ2v) is 4.05. The third-order valence-corrected chi connectivity index (χ3v) is 2.77. The average Bonchev–Trinajstić information content (AvgIpc) is 2.47. The van der Waals surface area contributed by atoms with Gasteiger partial charge >= 0.3 is 6.16 Å². The largest absolute Gasteiger partial charge is 0.511 e. The van der Waals surface area contributed by atoms with Crippen LogP contribution in [0, 0.1) is 0 Å². The standard InChI is InChI=1S/C15H13NO4/c1-16-14(17)12-4-2-10(3-5-12)11-6-8-13(9-7-11)20-15(18)19/h2-9H,1H3,(H,16,17)(H,18,19). The molecule has 0 saturated carbocycles. The first-order chi connectivity index (χ1) is 9.60. The van der Waals surface area contributed by atoms with Gasteiger partial charge in [0.05, 0.1) is 0 Å². The molecular formula is C15H13NO4. The van der Waals surface area contributed by atoms with Crippen LogP contribution in [0.25, 0.3) is 11.1 Å². The molecule has 5 heteroatoms. The predicted octanol–water partition coefficient (Wildman–Crippen LogP) is 2.77. The fourth-order valence-corrected chi connectivity index (χ4v) is 1.77. The molecule has 0 radical (unpaired) electrons. The molecule has 2 aromatic carbocycles. The smallest absolute Gasteiger partial charge is 0.449 e. The van der Waals surface area contributed by atoms with Crippen molar-refractivity contribution < 1.29 is 19.4 Å². The Labute approximate surface area is 115 Å². The minimum atomic E-state index is -1.34. The van der Waals surface area contributed by atoms with Crippen LogP contribution in [-0.2, 0) is 0 Å². The summed E-state index contributed by atoms with van der Waals surface area (Å²) in [5, 5.41) is 11.1. The van der Waals surface area contributed by atoms with Crippen molar-refractivity contribution >= 4 is 12.1 Å². The van der Waals surface area contributed by atoms with Crippen molar-refractivity contribution in [1.29, 1.82) is 0 Å². The Balaban J connectivity index is 2.19. The van der Waals surface area contributed by atoms with Crippen molar-refractivity contribution in [3.05, 3.63) is 54.1 Å². The first-order valence-electron chi connectivity index (χ1n) is 5.93. The number of carboxylic acid groups (broad SMARTS) is 1. The zero-order valence-electron chi connectivity index (χ0n) is 10.8. The van der Waals surface area contributed by atoms with Gasteiger partial charge in [0.1, 0.15) is 5.75 Å². The van der Waals surface area contributed by atoms with Gasteiger partial charge in [0.2, 0.25) is 0 Å². The first kappa shape index (κ1) is 13.6. The highest BCUT2D eigenvalue weighted by molar-refractivity contribution is 5.94. The summed E-state index contributed by atoms with van der Waals surface area (Å²) in [7, 11) is 1.58. The third kappa shape index (κ3) is 3.14. The van der Waals surface area contributed by atoms with E-state index in [1.54, 1.807) is 43.4 Å².